The molecule has 0 aromatic rings. The molecule has 2 aliphatic rings. The highest BCUT2D eigenvalue weighted by Crippen LogP contribution is 2.17. The van der Waals surface area contributed by atoms with Crippen molar-refractivity contribution >= 4 is 5.91 Å². The van der Waals surface area contributed by atoms with Crippen LogP contribution in [0.4, 0.5) is 0 Å². The molecular weight excluding hydrogens is 226 g/mol. The number of carbonyl (C=O) groups is 1. The summed E-state index contributed by atoms with van der Waals surface area (Å²) in [5.41, 5.74) is 0. The smallest absolute Gasteiger partial charge is 0.236 e. The average molecular weight is 253 g/mol. The van der Waals surface area contributed by atoms with Crippen molar-refractivity contribution in [3.8, 4) is 0 Å². The topological polar surface area (TPSA) is 35.6 Å². The van der Waals surface area contributed by atoms with Gasteiger partial charge in [0.25, 0.3) is 0 Å². The normalized spacial score (nSPS) is 25.6. The maximum absolute atomic E-state index is 11.8. The Morgan fingerprint density at radius 3 is 2.61 bits per heavy atom. The summed E-state index contributed by atoms with van der Waals surface area (Å²) in [6, 6.07) is 0.716. The zero-order valence-electron chi connectivity index (χ0n) is 11.7. The molecule has 0 bridgehead atoms. The lowest BCUT2D eigenvalue weighted by Gasteiger charge is -2.32. The molecule has 18 heavy (non-hydrogen) atoms. The van der Waals surface area contributed by atoms with Crippen LogP contribution in [-0.4, -0.2) is 61.5 Å². The molecule has 2 heterocycles. The van der Waals surface area contributed by atoms with E-state index in [1.165, 1.54) is 45.1 Å². The Bertz CT molecular complexity index is 264. The first-order valence-electron chi connectivity index (χ1n) is 7.46. The van der Waals surface area contributed by atoms with Gasteiger partial charge in [-0.3, -0.25) is 4.79 Å². The van der Waals surface area contributed by atoms with Gasteiger partial charge in [-0.2, -0.15) is 0 Å². The molecule has 2 saturated heterocycles. The fourth-order valence-electron chi connectivity index (χ4n) is 3.05. The van der Waals surface area contributed by atoms with E-state index in [2.05, 4.69) is 17.3 Å². The highest BCUT2D eigenvalue weighted by molar-refractivity contribution is 5.78. The van der Waals surface area contributed by atoms with Gasteiger partial charge in [-0.25, -0.2) is 0 Å². The largest absolute Gasteiger partial charge is 0.342 e. The lowest BCUT2D eigenvalue weighted by molar-refractivity contribution is -0.129. The van der Waals surface area contributed by atoms with Crippen molar-refractivity contribution in [3.63, 3.8) is 0 Å². The second-order valence-corrected chi connectivity index (χ2v) is 5.68. The first-order valence-corrected chi connectivity index (χ1v) is 7.46. The number of nitrogens with one attached hydrogen (secondary N) is 1. The van der Waals surface area contributed by atoms with Crippen LogP contribution in [0.3, 0.4) is 0 Å². The number of nitrogens with zero attached hydrogens (tertiary/aromatic N) is 2. The average Bonchev–Trinajstić information content (AvgIpc) is 2.90. The summed E-state index contributed by atoms with van der Waals surface area (Å²) < 4.78 is 0. The quantitative estimate of drug-likeness (QED) is 0.745. The molecule has 1 N–H and O–H groups in total. The fraction of sp³-hybridized carbons (Fsp3) is 0.929. The van der Waals surface area contributed by atoms with E-state index >= 15 is 0 Å². The molecule has 0 spiro atoms. The summed E-state index contributed by atoms with van der Waals surface area (Å²) in [7, 11) is 2.22. The Labute approximate surface area is 111 Å². The summed E-state index contributed by atoms with van der Waals surface area (Å²) in [5.74, 6) is 0.282. The van der Waals surface area contributed by atoms with Crippen LogP contribution in [0.25, 0.3) is 0 Å². The second-order valence-electron chi connectivity index (χ2n) is 5.68. The minimum absolute atomic E-state index is 0.282. The molecule has 1 unspecified atom stereocenters. The van der Waals surface area contributed by atoms with Crippen molar-refractivity contribution < 1.29 is 4.79 Å². The molecule has 104 valence electrons. The molecule has 4 nitrogen and oxygen atoms in total. The third-order valence-electron chi connectivity index (χ3n) is 4.31. The molecule has 0 aromatic carbocycles. The summed E-state index contributed by atoms with van der Waals surface area (Å²) in [4.78, 5) is 16.3. The van der Waals surface area contributed by atoms with Gasteiger partial charge in [-0.05, 0) is 52.2 Å². The minimum atomic E-state index is 0.282. The third kappa shape index (κ3) is 3.95. The Balaban J connectivity index is 1.56. The summed E-state index contributed by atoms with van der Waals surface area (Å²) in [6.07, 6.45) is 7.55. The zero-order chi connectivity index (χ0) is 12.8. The molecule has 1 amide bonds. The minimum Gasteiger partial charge on any atom is -0.342 e. The van der Waals surface area contributed by atoms with Crippen molar-refractivity contribution in [3.05, 3.63) is 0 Å². The number of carbonyl (C=O) groups excluding carboxylic acids is 1. The molecule has 2 rings (SSSR count). The van der Waals surface area contributed by atoms with Gasteiger partial charge in [0.2, 0.25) is 5.91 Å². The number of likely N-dealkylation sites (tertiary alicyclic amines) is 2. The van der Waals surface area contributed by atoms with Crippen LogP contribution in [0, 0.1) is 0 Å². The molecular formula is C14H27N3O. The molecule has 1 atom stereocenters. The van der Waals surface area contributed by atoms with Gasteiger partial charge in [0, 0.05) is 19.1 Å². The van der Waals surface area contributed by atoms with Gasteiger partial charge in [0.15, 0.2) is 0 Å². The van der Waals surface area contributed by atoms with Crippen LogP contribution in [0.15, 0.2) is 0 Å². The van der Waals surface area contributed by atoms with Crippen molar-refractivity contribution in [2.45, 2.75) is 44.6 Å². The van der Waals surface area contributed by atoms with Gasteiger partial charge >= 0.3 is 0 Å². The van der Waals surface area contributed by atoms with Gasteiger partial charge in [-0.1, -0.05) is 6.42 Å². The number of rotatable bonds is 5. The molecule has 0 aliphatic carbocycles. The van der Waals surface area contributed by atoms with Gasteiger partial charge < -0.3 is 15.1 Å². The zero-order valence-corrected chi connectivity index (χ0v) is 11.7. The lowest BCUT2D eigenvalue weighted by atomic mass is 10.0. The van der Waals surface area contributed by atoms with Crippen LogP contribution < -0.4 is 5.32 Å². The van der Waals surface area contributed by atoms with E-state index in [4.69, 9.17) is 0 Å². The highest BCUT2D eigenvalue weighted by Gasteiger charge is 2.19. The SMILES string of the molecule is CN1CCCCC1CCNCC(=O)N1CCCC1. The molecule has 0 saturated carbocycles. The van der Waals surface area contributed by atoms with Crippen molar-refractivity contribution in [2.75, 3.05) is 39.8 Å². The van der Waals surface area contributed by atoms with Crippen molar-refractivity contribution in [2.24, 2.45) is 0 Å². The predicted octanol–water partition coefficient (Wildman–Crippen LogP) is 1.07. The van der Waals surface area contributed by atoms with E-state index in [0.717, 1.165) is 19.6 Å². The predicted molar refractivity (Wildman–Crippen MR) is 73.6 cm³/mol. The highest BCUT2D eigenvalue weighted by atomic mass is 16.2. The molecule has 0 radical (unpaired) electrons. The number of hydrogen-bond acceptors (Lipinski definition) is 3. The second kappa shape index (κ2) is 7.10. The molecule has 2 aliphatic heterocycles. The van der Waals surface area contributed by atoms with E-state index in [9.17, 15) is 4.79 Å². The molecule has 4 heteroatoms. The maximum atomic E-state index is 11.8. The summed E-state index contributed by atoms with van der Waals surface area (Å²) in [5, 5.41) is 3.31. The van der Waals surface area contributed by atoms with E-state index in [-0.39, 0.29) is 5.91 Å². The Morgan fingerprint density at radius 1 is 1.17 bits per heavy atom. The van der Waals surface area contributed by atoms with Crippen LogP contribution in [0.5, 0.6) is 0 Å². The van der Waals surface area contributed by atoms with Crippen molar-refractivity contribution in [1.29, 1.82) is 0 Å². The van der Waals surface area contributed by atoms with E-state index < -0.39 is 0 Å². The first kappa shape index (κ1) is 13.8. The molecule has 0 aromatic heterocycles. The lowest BCUT2D eigenvalue weighted by Crippen LogP contribution is -2.40. The third-order valence-corrected chi connectivity index (χ3v) is 4.31. The fourth-order valence-corrected chi connectivity index (χ4v) is 3.05. The van der Waals surface area contributed by atoms with Gasteiger partial charge in [-0.15, -0.1) is 0 Å². The number of hydrogen-bond donors (Lipinski definition) is 1. The summed E-state index contributed by atoms with van der Waals surface area (Å²) >= 11 is 0. The number of piperidine rings is 1. The van der Waals surface area contributed by atoms with Gasteiger partial charge in [0.05, 0.1) is 6.54 Å². The van der Waals surface area contributed by atoms with Gasteiger partial charge in [0.1, 0.15) is 0 Å². The molecule has 2 fully saturated rings. The van der Waals surface area contributed by atoms with Crippen molar-refractivity contribution in [1.82, 2.24) is 15.1 Å². The van der Waals surface area contributed by atoms with E-state index in [1.54, 1.807) is 0 Å². The van der Waals surface area contributed by atoms with Crippen LogP contribution in [-0.2, 0) is 4.79 Å². The monoisotopic (exact) mass is 253 g/mol. The van der Waals surface area contributed by atoms with Crippen LogP contribution >= 0.6 is 0 Å². The number of amides is 1. The van der Waals surface area contributed by atoms with Crippen LogP contribution in [0.2, 0.25) is 0 Å². The standard InChI is InChI=1S/C14H27N3O/c1-16-9-3-2-6-13(16)7-8-15-12-14(18)17-10-4-5-11-17/h13,15H,2-12H2,1H3. The van der Waals surface area contributed by atoms with Crippen LogP contribution in [0.1, 0.15) is 38.5 Å². The summed E-state index contributed by atoms with van der Waals surface area (Å²) in [6.45, 7) is 4.65. The Morgan fingerprint density at radius 2 is 1.89 bits per heavy atom. The maximum Gasteiger partial charge on any atom is 0.236 e. The van der Waals surface area contributed by atoms with E-state index in [0.29, 0.717) is 12.6 Å². The first-order chi connectivity index (χ1) is 8.77. The van der Waals surface area contributed by atoms with E-state index in [1.807, 2.05) is 4.90 Å². The Hall–Kier alpha value is -0.610. The Kier molecular flexibility index (Phi) is 5.45.